The summed E-state index contributed by atoms with van der Waals surface area (Å²) in [7, 11) is -1.35. The number of anilines is 1. The number of aryl methyl sites for hydroxylation is 1. The lowest BCUT2D eigenvalue weighted by molar-refractivity contribution is -0.119. The van der Waals surface area contributed by atoms with E-state index >= 15 is 0 Å². The Hall–Kier alpha value is -5.10. The summed E-state index contributed by atoms with van der Waals surface area (Å²) < 4.78 is 49.9. The first-order valence-electron chi connectivity index (χ1n) is 13.2. The van der Waals surface area contributed by atoms with Crippen molar-refractivity contribution in [3.8, 4) is 22.8 Å². The molecule has 1 aromatic heterocycles. The Labute approximate surface area is 249 Å². The van der Waals surface area contributed by atoms with Crippen molar-refractivity contribution in [2.45, 2.75) is 18.7 Å². The van der Waals surface area contributed by atoms with E-state index in [1.54, 1.807) is 67.6 Å². The summed E-state index contributed by atoms with van der Waals surface area (Å²) in [5.41, 5.74) is 4.50. The number of methoxy groups -OCH3 is 2. The van der Waals surface area contributed by atoms with Crippen LogP contribution in [0.25, 0.3) is 11.3 Å². The first-order chi connectivity index (χ1) is 20.7. The van der Waals surface area contributed by atoms with Crippen LogP contribution in [0.15, 0.2) is 93.3 Å². The van der Waals surface area contributed by atoms with E-state index in [9.17, 15) is 18.0 Å². The van der Waals surface area contributed by atoms with Crippen LogP contribution in [0.5, 0.6) is 11.5 Å². The van der Waals surface area contributed by atoms with Gasteiger partial charge in [0.1, 0.15) is 29.6 Å². The average molecular weight is 606 g/mol. The number of nitrogens with zero attached hydrogens (tertiary/aromatic N) is 2. The van der Waals surface area contributed by atoms with Crippen molar-refractivity contribution in [3.63, 3.8) is 0 Å². The number of hydrazone groups is 1. The van der Waals surface area contributed by atoms with Gasteiger partial charge in [-0.2, -0.15) is 5.10 Å². The van der Waals surface area contributed by atoms with Crippen molar-refractivity contribution in [1.29, 1.82) is 0 Å². The molecule has 12 heteroatoms. The van der Waals surface area contributed by atoms with Crippen LogP contribution >= 0.6 is 0 Å². The maximum Gasteiger partial charge on any atom is 0.338 e. The van der Waals surface area contributed by atoms with Gasteiger partial charge in [-0.25, -0.2) is 18.6 Å². The molecule has 3 aromatic carbocycles. The average Bonchev–Trinajstić information content (AvgIpc) is 3.49. The third kappa shape index (κ3) is 7.41. The number of benzene rings is 3. The molecular weight excluding hydrogens is 574 g/mol. The predicted molar refractivity (Wildman–Crippen MR) is 161 cm³/mol. The zero-order valence-electron chi connectivity index (χ0n) is 24.1. The molecule has 0 radical (unpaired) electrons. The van der Waals surface area contributed by atoms with Crippen molar-refractivity contribution in [1.82, 2.24) is 5.43 Å². The van der Waals surface area contributed by atoms with Crippen molar-refractivity contribution in [3.05, 3.63) is 95.7 Å². The van der Waals surface area contributed by atoms with E-state index in [4.69, 9.17) is 18.6 Å². The van der Waals surface area contributed by atoms with E-state index < -0.39 is 28.4 Å². The number of carbonyl (C=O) groups excluding carboxylic acids is 2. The Morgan fingerprint density at radius 2 is 1.67 bits per heavy atom. The molecule has 1 N–H and O–H groups in total. The fourth-order valence-electron chi connectivity index (χ4n) is 4.02. The standard InChI is InChI=1S/C31H31N3O8S/c1-5-41-31(36)23-10-8-22(9-11-23)28-16-13-25(42-28)19-32-33-30(35)20-34(27-18-24(39-3)12-17-29(27)40-4)43(37,38)26-14-6-21(2)7-15-26/h6-19H,5,20H2,1-4H3,(H,33,35)/b32-19+. The number of nitrogens with one attached hydrogen (secondary N) is 1. The summed E-state index contributed by atoms with van der Waals surface area (Å²) >= 11 is 0. The second-order valence-corrected chi connectivity index (χ2v) is 11.0. The molecule has 4 aromatic rings. The van der Waals surface area contributed by atoms with E-state index in [0.717, 1.165) is 15.4 Å². The number of ether oxygens (including phenoxy) is 3. The SMILES string of the molecule is CCOC(=O)c1ccc(-c2ccc(/C=N/NC(=O)CN(c3cc(OC)ccc3OC)S(=O)(=O)c3ccc(C)cc3)o2)cc1. The van der Waals surface area contributed by atoms with Crippen LogP contribution in [0.4, 0.5) is 5.69 Å². The highest BCUT2D eigenvalue weighted by Gasteiger charge is 2.30. The molecule has 0 unspecified atom stereocenters. The summed E-state index contributed by atoms with van der Waals surface area (Å²) in [5, 5.41) is 3.94. The Morgan fingerprint density at radius 1 is 0.953 bits per heavy atom. The Balaban J connectivity index is 1.52. The summed E-state index contributed by atoms with van der Waals surface area (Å²) in [4.78, 5) is 24.9. The second kappa shape index (κ2) is 13.7. The molecule has 0 aliphatic carbocycles. The van der Waals surface area contributed by atoms with E-state index in [1.807, 2.05) is 6.92 Å². The van der Waals surface area contributed by atoms with E-state index in [-0.39, 0.29) is 22.9 Å². The lowest BCUT2D eigenvalue weighted by atomic mass is 10.1. The summed E-state index contributed by atoms with van der Waals surface area (Å²) in [6, 6.07) is 21.0. The van der Waals surface area contributed by atoms with Gasteiger partial charge in [0.05, 0.1) is 43.2 Å². The lowest BCUT2D eigenvalue weighted by Crippen LogP contribution is -2.39. The zero-order valence-corrected chi connectivity index (χ0v) is 24.9. The molecule has 0 aliphatic rings. The molecular formula is C31H31N3O8S. The highest BCUT2D eigenvalue weighted by atomic mass is 32.2. The molecule has 0 saturated heterocycles. The van der Waals surface area contributed by atoms with Crippen LogP contribution in [-0.4, -0.2) is 53.9 Å². The zero-order chi connectivity index (χ0) is 31.0. The minimum absolute atomic E-state index is 0.00215. The van der Waals surface area contributed by atoms with Crippen molar-refractivity contribution in [2.75, 3.05) is 31.7 Å². The Kier molecular flexibility index (Phi) is 9.83. The van der Waals surface area contributed by atoms with Gasteiger partial charge >= 0.3 is 5.97 Å². The van der Waals surface area contributed by atoms with Gasteiger partial charge in [-0.3, -0.25) is 9.10 Å². The largest absolute Gasteiger partial charge is 0.497 e. The van der Waals surface area contributed by atoms with Crippen LogP contribution < -0.4 is 19.2 Å². The number of hydrogen-bond donors (Lipinski definition) is 1. The smallest absolute Gasteiger partial charge is 0.338 e. The highest BCUT2D eigenvalue weighted by molar-refractivity contribution is 7.92. The first kappa shape index (κ1) is 30.8. The number of rotatable bonds is 12. The number of carbonyl (C=O) groups is 2. The maximum atomic E-state index is 13.7. The molecule has 1 amide bonds. The topological polar surface area (TPSA) is 137 Å². The molecule has 0 bridgehead atoms. The molecule has 0 spiro atoms. The van der Waals surface area contributed by atoms with Crippen molar-refractivity contribution >= 4 is 33.8 Å². The second-order valence-electron chi connectivity index (χ2n) is 9.16. The summed E-state index contributed by atoms with van der Waals surface area (Å²) in [6.45, 7) is 3.26. The van der Waals surface area contributed by atoms with Crippen LogP contribution in [0.2, 0.25) is 0 Å². The fraction of sp³-hybridized carbons (Fsp3) is 0.194. The molecule has 4 rings (SSSR count). The number of furan rings is 1. The van der Waals surface area contributed by atoms with Crippen LogP contribution in [-0.2, 0) is 19.6 Å². The van der Waals surface area contributed by atoms with Crippen LogP contribution in [0.1, 0.15) is 28.6 Å². The van der Waals surface area contributed by atoms with Gasteiger partial charge in [-0.15, -0.1) is 0 Å². The van der Waals surface area contributed by atoms with E-state index in [0.29, 0.717) is 22.8 Å². The third-order valence-electron chi connectivity index (χ3n) is 6.24. The van der Waals surface area contributed by atoms with Gasteiger partial charge in [0.15, 0.2) is 0 Å². The van der Waals surface area contributed by atoms with Gasteiger partial charge in [0.25, 0.3) is 15.9 Å². The predicted octanol–water partition coefficient (Wildman–Crippen LogP) is 4.79. The molecule has 1 heterocycles. The van der Waals surface area contributed by atoms with Gasteiger partial charge in [-0.05, 0) is 62.4 Å². The van der Waals surface area contributed by atoms with Gasteiger partial charge in [-0.1, -0.05) is 29.8 Å². The maximum absolute atomic E-state index is 13.7. The van der Waals surface area contributed by atoms with Crippen LogP contribution in [0, 0.1) is 6.92 Å². The monoisotopic (exact) mass is 605 g/mol. The van der Waals surface area contributed by atoms with Gasteiger partial charge < -0.3 is 18.6 Å². The summed E-state index contributed by atoms with van der Waals surface area (Å²) in [5.74, 6) is 0.339. The van der Waals surface area contributed by atoms with E-state index in [2.05, 4.69) is 10.5 Å². The van der Waals surface area contributed by atoms with Gasteiger partial charge in [0.2, 0.25) is 0 Å². The van der Waals surface area contributed by atoms with E-state index in [1.165, 1.54) is 38.6 Å². The molecule has 0 saturated carbocycles. The highest BCUT2D eigenvalue weighted by Crippen LogP contribution is 2.35. The number of esters is 1. The van der Waals surface area contributed by atoms with Crippen LogP contribution in [0.3, 0.4) is 0 Å². The molecule has 224 valence electrons. The first-order valence-corrected chi connectivity index (χ1v) is 14.6. The molecule has 0 atom stereocenters. The number of sulfonamides is 1. The number of amides is 1. The molecule has 0 aliphatic heterocycles. The van der Waals surface area contributed by atoms with Crippen molar-refractivity contribution in [2.24, 2.45) is 5.10 Å². The minimum Gasteiger partial charge on any atom is -0.497 e. The normalized spacial score (nSPS) is 11.3. The van der Waals surface area contributed by atoms with Crippen molar-refractivity contribution < 1.29 is 36.6 Å². The minimum atomic E-state index is -4.20. The lowest BCUT2D eigenvalue weighted by Gasteiger charge is -2.25. The molecule has 0 fully saturated rings. The fourth-order valence-corrected chi connectivity index (χ4v) is 5.45. The van der Waals surface area contributed by atoms with Gasteiger partial charge in [0, 0.05) is 11.6 Å². The molecule has 11 nitrogen and oxygen atoms in total. The number of hydrogen-bond acceptors (Lipinski definition) is 9. The Bertz CT molecular complexity index is 1710. The summed E-state index contributed by atoms with van der Waals surface area (Å²) in [6.07, 6.45) is 1.29. The molecule has 43 heavy (non-hydrogen) atoms. The third-order valence-corrected chi connectivity index (χ3v) is 8.01. The Morgan fingerprint density at radius 3 is 2.33 bits per heavy atom. The quantitative estimate of drug-likeness (QED) is 0.138.